The summed E-state index contributed by atoms with van der Waals surface area (Å²) in [6.07, 6.45) is 1.63. The van der Waals surface area contributed by atoms with Crippen LogP contribution in [0.4, 0.5) is 4.39 Å². The van der Waals surface area contributed by atoms with E-state index >= 15 is 0 Å². The van der Waals surface area contributed by atoms with E-state index in [1.54, 1.807) is 13.2 Å². The summed E-state index contributed by atoms with van der Waals surface area (Å²) in [7, 11) is 7.00. The van der Waals surface area contributed by atoms with Crippen LogP contribution in [0.2, 0.25) is 0 Å². The third-order valence-corrected chi connectivity index (χ3v) is 4.22. The lowest BCUT2D eigenvalue weighted by Crippen LogP contribution is -1.95. The van der Waals surface area contributed by atoms with Crippen LogP contribution < -0.4 is 0 Å². The van der Waals surface area contributed by atoms with Gasteiger partial charge in [0.15, 0.2) is 0 Å². The molecule has 20 heavy (non-hydrogen) atoms. The van der Waals surface area contributed by atoms with Gasteiger partial charge < -0.3 is 4.74 Å². The Kier molecular flexibility index (Phi) is 5.66. The highest BCUT2D eigenvalue weighted by atomic mass is 31.0. The second-order valence-electron chi connectivity index (χ2n) is 4.64. The second kappa shape index (κ2) is 7.27. The predicted octanol–water partition coefficient (Wildman–Crippen LogP) is 4.39. The van der Waals surface area contributed by atoms with Gasteiger partial charge in [0.2, 0.25) is 0 Å². The van der Waals surface area contributed by atoms with E-state index in [1.165, 1.54) is 5.56 Å². The van der Waals surface area contributed by atoms with Crippen LogP contribution in [0.5, 0.6) is 0 Å². The molecule has 2 rings (SSSR count). The molecule has 2 unspecified atom stereocenters. The highest BCUT2D eigenvalue weighted by molar-refractivity contribution is 7.15. The number of ether oxygens (including phenoxy) is 1. The van der Waals surface area contributed by atoms with Gasteiger partial charge in [0, 0.05) is 12.7 Å². The van der Waals surface area contributed by atoms with Gasteiger partial charge in [-0.1, -0.05) is 24.3 Å². The van der Waals surface area contributed by atoms with Crippen LogP contribution in [0.25, 0.3) is 11.1 Å². The summed E-state index contributed by atoms with van der Waals surface area (Å²) in [5.74, 6) is -0.174. The van der Waals surface area contributed by atoms with Crippen molar-refractivity contribution in [1.29, 1.82) is 0 Å². The van der Waals surface area contributed by atoms with Crippen LogP contribution in [-0.4, -0.2) is 7.11 Å². The molecule has 0 aliphatic heterocycles. The molecule has 0 aliphatic carbocycles. The van der Waals surface area contributed by atoms with Crippen LogP contribution in [0.1, 0.15) is 16.7 Å². The van der Waals surface area contributed by atoms with E-state index in [9.17, 15) is 4.39 Å². The maximum atomic E-state index is 14.2. The highest BCUT2D eigenvalue weighted by Crippen LogP contribution is 2.27. The minimum atomic E-state index is -0.174. The zero-order valence-corrected chi connectivity index (χ0v) is 13.8. The Labute approximate surface area is 124 Å². The van der Waals surface area contributed by atoms with E-state index in [-0.39, 0.29) is 5.82 Å². The first-order chi connectivity index (χ1) is 9.69. The molecule has 0 saturated heterocycles. The summed E-state index contributed by atoms with van der Waals surface area (Å²) < 4.78 is 19.4. The monoisotopic (exact) mass is 308 g/mol. The molecule has 0 radical (unpaired) electrons. The van der Waals surface area contributed by atoms with Crippen LogP contribution >= 0.6 is 18.5 Å². The normalized spacial score (nSPS) is 10.8. The molecule has 2 aromatic rings. The van der Waals surface area contributed by atoms with Gasteiger partial charge in [-0.2, -0.15) is 0 Å². The summed E-state index contributed by atoms with van der Waals surface area (Å²) in [4.78, 5) is 0. The standard InChI is InChI=1S/C16H19FOP2/c1-18-8-14-7-12(3-4-13(14)10-20)15-5-2-11(9-19)6-16(15)17/h2-7H,8-10,19-20H2,1H3. The predicted molar refractivity (Wildman–Crippen MR) is 89.4 cm³/mol. The van der Waals surface area contributed by atoms with Gasteiger partial charge in [-0.25, -0.2) is 4.39 Å². The number of hydrogen-bond acceptors (Lipinski definition) is 1. The zero-order chi connectivity index (χ0) is 14.5. The van der Waals surface area contributed by atoms with Crippen LogP contribution in [-0.2, 0) is 23.7 Å². The van der Waals surface area contributed by atoms with E-state index in [0.29, 0.717) is 12.2 Å². The van der Waals surface area contributed by atoms with Crippen molar-refractivity contribution in [2.24, 2.45) is 0 Å². The first kappa shape index (κ1) is 15.6. The van der Waals surface area contributed by atoms with Crippen molar-refractivity contribution in [2.75, 3.05) is 7.11 Å². The molecular weight excluding hydrogens is 289 g/mol. The quantitative estimate of drug-likeness (QED) is 0.744. The fourth-order valence-corrected chi connectivity index (χ4v) is 2.85. The third-order valence-electron chi connectivity index (χ3n) is 3.31. The van der Waals surface area contributed by atoms with E-state index in [1.807, 2.05) is 30.3 Å². The van der Waals surface area contributed by atoms with E-state index in [2.05, 4.69) is 18.5 Å². The first-order valence-corrected chi connectivity index (χ1v) is 8.12. The van der Waals surface area contributed by atoms with Gasteiger partial charge in [0.05, 0.1) is 6.61 Å². The van der Waals surface area contributed by atoms with E-state index in [0.717, 1.165) is 29.0 Å². The summed E-state index contributed by atoms with van der Waals surface area (Å²) >= 11 is 0. The van der Waals surface area contributed by atoms with Gasteiger partial charge >= 0.3 is 0 Å². The highest BCUT2D eigenvalue weighted by Gasteiger charge is 2.09. The Bertz CT molecular complexity index is 599. The van der Waals surface area contributed by atoms with Crippen molar-refractivity contribution in [1.82, 2.24) is 0 Å². The molecule has 2 atom stereocenters. The van der Waals surface area contributed by atoms with Crippen molar-refractivity contribution in [3.8, 4) is 11.1 Å². The molecule has 2 aromatic carbocycles. The largest absolute Gasteiger partial charge is 0.380 e. The topological polar surface area (TPSA) is 9.23 Å². The third kappa shape index (κ3) is 3.44. The number of benzene rings is 2. The van der Waals surface area contributed by atoms with Crippen molar-refractivity contribution >= 4 is 18.5 Å². The van der Waals surface area contributed by atoms with Crippen LogP contribution in [0.15, 0.2) is 36.4 Å². The zero-order valence-electron chi connectivity index (χ0n) is 11.5. The molecule has 0 amide bonds. The molecule has 0 bridgehead atoms. The molecular formula is C16H19FOP2. The summed E-state index contributed by atoms with van der Waals surface area (Å²) in [5, 5.41) is 0. The first-order valence-electron chi connectivity index (χ1n) is 6.49. The second-order valence-corrected chi connectivity index (χ2v) is 5.46. The maximum Gasteiger partial charge on any atom is 0.131 e. The lowest BCUT2D eigenvalue weighted by Gasteiger charge is -2.11. The SMILES string of the molecule is COCc1cc(-c2ccc(CP)cc2F)ccc1CP. The van der Waals surface area contributed by atoms with E-state index in [4.69, 9.17) is 4.74 Å². The van der Waals surface area contributed by atoms with Crippen molar-refractivity contribution in [3.05, 3.63) is 58.9 Å². The fraction of sp³-hybridized carbons (Fsp3) is 0.250. The fourth-order valence-electron chi connectivity index (χ4n) is 2.20. The van der Waals surface area contributed by atoms with Gasteiger partial charge in [-0.3, -0.25) is 0 Å². The number of methoxy groups -OCH3 is 1. The summed E-state index contributed by atoms with van der Waals surface area (Å²) in [6, 6.07) is 11.4. The van der Waals surface area contributed by atoms with E-state index < -0.39 is 0 Å². The van der Waals surface area contributed by atoms with Crippen molar-refractivity contribution in [3.63, 3.8) is 0 Å². The minimum absolute atomic E-state index is 0.174. The molecule has 1 nitrogen and oxygen atoms in total. The number of rotatable bonds is 5. The van der Waals surface area contributed by atoms with Gasteiger partial charge in [0.25, 0.3) is 0 Å². The lowest BCUT2D eigenvalue weighted by molar-refractivity contribution is 0.184. The van der Waals surface area contributed by atoms with Gasteiger partial charge in [0.1, 0.15) is 5.82 Å². The molecule has 0 N–H and O–H groups in total. The van der Waals surface area contributed by atoms with Crippen LogP contribution in [0, 0.1) is 5.82 Å². The summed E-state index contributed by atoms with van der Waals surface area (Å²) in [6.45, 7) is 0.545. The molecule has 106 valence electrons. The maximum absolute atomic E-state index is 14.2. The molecule has 4 heteroatoms. The molecule has 0 heterocycles. The smallest absolute Gasteiger partial charge is 0.131 e. The Morgan fingerprint density at radius 2 is 1.80 bits per heavy atom. The van der Waals surface area contributed by atoms with Crippen molar-refractivity contribution < 1.29 is 9.13 Å². The average Bonchev–Trinajstić information content (AvgIpc) is 2.47. The molecule has 0 saturated carbocycles. The Hall–Kier alpha value is -0.810. The molecule has 0 spiro atoms. The minimum Gasteiger partial charge on any atom is -0.380 e. The Morgan fingerprint density at radius 3 is 2.40 bits per heavy atom. The van der Waals surface area contributed by atoms with Gasteiger partial charge in [-0.05, 0) is 46.7 Å². The molecule has 0 aromatic heterocycles. The molecule has 0 fully saturated rings. The van der Waals surface area contributed by atoms with Gasteiger partial charge in [-0.15, -0.1) is 18.5 Å². The molecule has 0 aliphatic rings. The Morgan fingerprint density at radius 1 is 1.00 bits per heavy atom. The lowest BCUT2D eigenvalue weighted by atomic mass is 9.99. The Balaban J connectivity index is 2.44. The number of hydrogen-bond donors (Lipinski definition) is 0. The van der Waals surface area contributed by atoms with Crippen molar-refractivity contribution in [2.45, 2.75) is 18.9 Å². The van der Waals surface area contributed by atoms with Crippen LogP contribution in [0.3, 0.4) is 0 Å². The summed E-state index contributed by atoms with van der Waals surface area (Å²) in [5.41, 5.74) is 4.83. The average molecular weight is 308 g/mol. The number of halogens is 1.